The molecule has 0 unspecified atom stereocenters. The normalized spacial score (nSPS) is 10.8. The molecule has 20 heavy (non-hydrogen) atoms. The molecule has 0 spiro atoms. The number of hydrogen-bond acceptors (Lipinski definition) is 5. The first-order valence-corrected chi connectivity index (χ1v) is 7.45. The molecule has 0 aliphatic rings. The largest absolute Gasteiger partial charge is 0.245 e. The summed E-state index contributed by atoms with van der Waals surface area (Å²) in [5, 5.41) is 8.81. The predicted octanol–water partition coefficient (Wildman–Crippen LogP) is 4.36. The highest BCUT2D eigenvalue weighted by Crippen LogP contribution is 2.22. The van der Waals surface area contributed by atoms with Crippen LogP contribution in [0.15, 0.2) is 30.3 Å². The zero-order valence-electron chi connectivity index (χ0n) is 13.6. The van der Waals surface area contributed by atoms with E-state index in [0.717, 1.165) is 5.01 Å². The van der Waals surface area contributed by atoms with Gasteiger partial charge in [0.05, 0.1) is 0 Å². The maximum Gasteiger partial charge on any atom is 0.122 e. The molecular weight excluding hydrogens is 268 g/mol. The van der Waals surface area contributed by atoms with E-state index in [2.05, 4.69) is 68.6 Å². The summed E-state index contributed by atoms with van der Waals surface area (Å²) in [5.74, 6) is 0. The third-order valence-corrected chi connectivity index (χ3v) is 2.60. The van der Waals surface area contributed by atoms with E-state index in [9.17, 15) is 0 Å². The molecule has 2 rings (SSSR count). The molecule has 0 fully saturated rings. The second-order valence-electron chi connectivity index (χ2n) is 6.90. The maximum absolute atomic E-state index is 3.96. The van der Waals surface area contributed by atoms with E-state index in [1.54, 1.807) is 35.3 Å². The maximum atomic E-state index is 3.96. The van der Waals surface area contributed by atoms with Crippen LogP contribution in [0.25, 0.3) is 0 Å². The summed E-state index contributed by atoms with van der Waals surface area (Å²) >= 11 is 1.61. The van der Waals surface area contributed by atoms with Gasteiger partial charge in [-0.1, -0.05) is 48.5 Å². The molecule has 0 atom stereocenters. The topological polar surface area (TPSA) is 51.6 Å². The van der Waals surface area contributed by atoms with Crippen molar-refractivity contribution in [2.75, 3.05) is 0 Å². The summed E-state index contributed by atoms with van der Waals surface area (Å²) in [4.78, 5) is 7.35. The molecule has 2 aromatic rings. The second-order valence-corrected chi connectivity index (χ2v) is 7.73. The van der Waals surface area contributed by atoms with Crippen molar-refractivity contribution in [3.8, 4) is 0 Å². The Balaban J connectivity index is 0.000000288. The van der Waals surface area contributed by atoms with Gasteiger partial charge in [-0.25, -0.2) is 9.97 Å². The van der Waals surface area contributed by atoms with Crippen molar-refractivity contribution in [1.29, 1.82) is 0 Å². The van der Waals surface area contributed by atoms with Gasteiger partial charge in [-0.05, 0) is 11.5 Å². The Hall–Kier alpha value is -1.36. The zero-order valence-corrected chi connectivity index (χ0v) is 14.4. The van der Waals surface area contributed by atoms with Crippen molar-refractivity contribution in [3.05, 3.63) is 35.3 Å². The van der Waals surface area contributed by atoms with Crippen LogP contribution in [0.1, 0.15) is 53.5 Å². The predicted molar refractivity (Wildman–Crippen MR) is 85.8 cm³/mol. The molecule has 0 radical (unpaired) electrons. The smallest absolute Gasteiger partial charge is 0.122 e. The highest BCUT2D eigenvalue weighted by molar-refractivity contribution is 7.09. The number of aromatic nitrogens is 4. The summed E-state index contributed by atoms with van der Waals surface area (Å²) in [6.45, 7) is 15.1. The quantitative estimate of drug-likeness (QED) is 0.724. The van der Waals surface area contributed by atoms with E-state index in [1.807, 2.05) is 0 Å². The lowest BCUT2D eigenvalue weighted by molar-refractivity contribution is 0.469. The van der Waals surface area contributed by atoms with Crippen molar-refractivity contribution in [1.82, 2.24) is 20.2 Å². The van der Waals surface area contributed by atoms with Gasteiger partial charge in [-0.15, -0.1) is 21.5 Å². The lowest BCUT2D eigenvalue weighted by Crippen LogP contribution is -2.10. The molecule has 0 aromatic carbocycles. The summed E-state index contributed by atoms with van der Waals surface area (Å²) < 4.78 is 0. The Morgan fingerprint density at radius 1 is 0.900 bits per heavy atom. The molecule has 0 N–H and O–H groups in total. The third-order valence-electron chi connectivity index (χ3n) is 1.48. The summed E-state index contributed by atoms with van der Waals surface area (Å²) in [5.41, 5.74) is 2.43. The Morgan fingerprint density at radius 2 is 1.40 bits per heavy atom. The van der Waals surface area contributed by atoms with E-state index >= 15 is 0 Å². The lowest BCUT2D eigenvalue weighted by atomic mass is 9.98. The molecule has 0 saturated carbocycles. The van der Waals surface area contributed by atoms with Gasteiger partial charge in [0.2, 0.25) is 0 Å². The molecule has 5 heteroatoms. The van der Waals surface area contributed by atoms with Crippen molar-refractivity contribution in [3.63, 3.8) is 0 Å². The van der Waals surface area contributed by atoms with E-state index in [0.29, 0.717) is 5.41 Å². The van der Waals surface area contributed by atoms with Crippen molar-refractivity contribution in [2.24, 2.45) is 5.41 Å². The molecule has 0 amide bonds. The number of hydrogen-bond donors (Lipinski definition) is 0. The first-order valence-electron chi connectivity index (χ1n) is 6.57. The van der Waals surface area contributed by atoms with Crippen LogP contribution in [0.2, 0.25) is 0 Å². The number of rotatable bonds is 0. The van der Waals surface area contributed by atoms with Gasteiger partial charge >= 0.3 is 0 Å². The molecular formula is C15H26N4S. The molecule has 2 heterocycles. The van der Waals surface area contributed by atoms with E-state index in [-0.39, 0.29) is 5.41 Å². The average Bonchev–Trinajstić information content (AvgIpc) is 2.83. The van der Waals surface area contributed by atoms with Crippen LogP contribution in [0, 0.1) is 5.41 Å². The Bertz CT molecular complexity index is 394. The SMILES string of the molecule is CC(C)(C)C.CC(C)(C)c1nncs1.c1cncnc1. The Kier molecular flexibility index (Phi) is 8.15. The van der Waals surface area contributed by atoms with Crippen molar-refractivity contribution >= 4 is 11.3 Å². The van der Waals surface area contributed by atoms with Crippen LogP contribution >= 0.6 is 11.3 Å². The first kappa shape index (κ1) is 18.6. The summed E-state index contributed by atoms with van der Waals surface area (Å²) in [6, 6.07) is 1.78. The molecule has 2 aromatic heterocycles. The summed E-state index contributed by atoms with van der Waals surface area (Å²) in [7, 11) is 0. The second kappa shape index (κ2) is 8.74. The zero-order chi connectivity index (χ0) is 15.6. The van der Waals surface area contributed by atoms with Gasteiger partial charge in [0, 0.05) is 17.8 Å². The fraction of sp³-hybridized carbons (Fsp3) is 0.600. The van der Waals surface area contributed by atoms with Gasteiger partial charge in [0.1, 0.15) is 16.8 Å². The number of nitrogens with zero attached hydrogens (tertiary/aromatic N) is 4. The Morgan fingerprint density at radius 3 is 1.55 bits per heavy atom. The van der Waals surface area contributed by atoms with Gasteiger partial charge in [0.25, 0.3) is 0 Å². The van der Waals surface area contributed by atoms with Crippen LogP contribution in [0.5, 0.6) is 0 Å². The Labute approximate surface area is 126 Å². The third kappa shape index (κ3) is 13.1. The van der Waals surface area contributed by atoms with E-state index in [1.165, 1.54) is 6.33 Å². The van der Waals surface area contributed by atoms with Gasteiger partial charge in [-0.3, -0.25) is 0 Å². The molecule has 0 bridgehead atoms. The van der Waals surface area contributed by atoms with Crippen LogP contribution in [-0.4, -0.2) is 20.2 Å². The van der Waals surface area contributed by atoms with E-state index < -0.39 is 0 Å². The summed E-state index contributed by atoms with van der Waals surface area (Å²) in [6.07, 6.45) is 4.88. The minimum Gasteiger partial charge on any atom is -0.245 e. The van der Waals surface area contributed by atoms with Gasteiger partial charge in [-0.2, -0.15) is 0 Å². The van der Waals surface area contributed by atoms with Crippen molar-refractivity contribution < 1.29 is 0 Å². The van der Waals surface area contributed by atoms with Gasteiger partial charge < -0.3 is 0 Å². The highest BCUT2D eigenvalue weighted by atomic mass is 32.1. The van der Waals surface area contributed by atoms with Crippen LogP contribution in [0.4, 0.5) is 0 Å². The molecule has 112 valence electrons. The highest BCUT2D eigenvalue weighted by Gasteiger charge is 2.16. The minimum atomic E-state index is 0.168. The van der Waals surface area contributed by atoms with Crippen molar-refractivity contribution in [2.45, 2.75) is 53.9 Å². The lowest BCUT2D eigenvalue weighted by Gasteiger charge is -2.11. The standard InChI is InChI=1S/C6H10N2S.C5H12.C4H4N2/c1-6(2,3)5-8-7-4-9-5;1-5(2,3)4;1-2-5-4-6-3-1/h4H,1-3H3;1-4H3;1-4H. The fourth-order valence-corrected chi connectivity index (χ4v) is 1.40. The van der Waals surface area contributed by atoms with E-state index in [4.69, 9.17) is 0 Å². The monoisotopic (exact) mass is 294 g/mol. The minimum absolute atomic E-state index is 0.168. The van der Waals surface area contributed by atoms with Crippen LogP contribution < -0.4 is 0 Å². The van der Waals surface area contributed by atoms with Crippen LogP contribution in [-0.2, 0) is 5.41 Å². The molecule has 0 saturated heterocycles. The average molecular weight is 294 g/mol. The van der Waals surface area contributed by atoms with Crippen LogP contribution in [0.3, 0.4) is 0 Å². The van der Waals surface area contributed by atoms with Gasteiger partial charge in [0.15, 0.2) is 0 Å². The fourth-order valence-electron chi connectivity index (χ4n) is 0.753. The molecule has 0 aliphatic carbocycles. The first-order chi connectivity index (χ1) is 9.11. The molecule has 4 nitrogen and oxygen atoms in total. The molecule has 0 aliphatic heterocycles.